The molecule has 7 nitrogen and oxygen atoms in total. The zero-order valence-corrected chi connectivity index (χ0v) is 15.2. The van der Waals surface area contributed by atoms with E-state index in [1.807, 2.05) is 6.92 Å². The summed E-state index contributed by atoms with van der Waals surface area (Å²) in [4.78, 5) is 24.9. The number of hydrogen-bond acceptors (Lipinski definition) is 6. The molecule has 136 valence electrons. The van der Waals surface area contributed by atoms with Crippen LogP contribution in [0.3, 0.4) is 0 Å². The molecule has 1 heterocycles. The predicted molar refractivity (Wildman–Crippen MR) is 88.0 cm³/mol. The maximum Gasteiger partial charge on any atom is 0.324 e. The number of methoxy groups -OCH3 is 2. The molecule has 0 N–H and O–H groups in total. The number of benzene rings is 1. The molecular weight excluding hydrogens is 346 g/mol. The van der Waals surface area contributed by atoms with E-state index >= 15 is 0 Å². The summed E-state index contributed by atoms with van der Waals surface area (Å²) in [5.41, 5.74) is -0.636. The lowest BCUT2D eigenvalue weighted by Crippen LogP contribution is -2.65. The van der Waals surface area contributed by atoms with E-state index in [4.69, 9.17) is 9.47 Å². The third kappa shape index (κ3) is 2.46. The van der Waals surface area contributed by atoms with Crippen LogP contribution in [0.4, 0.5) is 0 Å². The van der Waals surface area contributed by atoms with Gasteiger partial charge in [0, 0.05) is 6.54 Å². The summed E-state index contributed by atoms with van der Waals surface area (Å²) in [7, 11) is -1.45. The number of sulfonamides is 1. The number of esters is 2. The van der Waals surface area contributed by atoms with Gasteiger partial charge in [0.2, 0.25) is 10.0 Å². The maximum atomic E-state index is 13.1. The highest BCUT2D eigenvalue weighted by atomic mass is 32.2. The molecule has 2 aliphatic rings. The first-order valence-corrected chi connectivity index (χ1v) is 9.48. The van der Waals surface area contributed by atoms with E-state index in [-0.39, 0.29) is 23.8 Å². The number of carbonyl (C=O) groups is 2. The Morgan fingerprint density at radius 2 is 1.68 bits per heavy atom. The van der Waals surface area contributed by atoms with Crippen molar-refractivity contribution in [2.24, 2.45) is 11.3 Å². The van der Waals surface area contributed by atoms with E-state index in [0.29, 0.717) is 6.42 Å². The van der Waals surface area contributed by atoms with E-state index in [9.17, 15) is 18.0 Å². The van der Waals surface area contributed by atoms with Gasteiger partial charge in [-0.15, -0.1) is 0 Å². The van der Waals surface area contributed by atoms with Crippen LogP contribution in [0.5, 0.6) is 0 Å². The zero-order valence-electron chi connectivity index (χ0n) is 14.4. The van der Waals surface area contributed by atoms with Gasteiger partial charge in [-0.05, 0) is 37.8 Å². The first-order valence-electron chi connectivity index (χ1n) is 8.04. The lowest BCUT2D eigenvalue weighted by molar-refractivity contribution is -0.185. The van der Waals surface area contributed by atoms with Crippen molar-refractivity contribution < 1.29 is 27.5 Å². The number of rotatable bonds is 4. The van der Waals surface area contributed by atoms with Gasteiger partial charge < -0.3 is 9.47 Å². The van der Waals surface area contributed by atoms with Crippen LogP contribution in [-0.2, 0) is 29.1 Å². The van der Waals surface area contributed by atoms with Gasteiger partial charge in [-0.3, -0.25) is 9.59 Å². The van der Waals surface area contributed by atoms with Crippen molar-refractivity contribution in [1.29, 1.82) is 0 Å². The number of carbonyl (C=O) groups excluding carboxylic acids is 2. The van der Waals surface area contributed by atoms with Crippen molar-refractivity contribution in [3.8, 4) is 0 Å². The second-order valence-corrected chi connectivity index (χ2v) is 8.47. The van der Waals surface area contributed by atoms with E-state index in [1.54, 1.807) is 12.1 Å². The normalized spacial score (nSPS) is 24.9. The first kappa shape index (κ1) is 17.9. The van der Waals surface area contributed by atoms with Gasteiger partial charge in [0.1, 0.15) is 0 Å². The summed E-state index contributed by atoms with van der Waals surface area (Å²) in [5, 5.41) is 0. The van der Waals surface area contributed by atoms with Crippen LogP contribution in [0.1, 0.15) is 18.4 Å². The summed E-state index contributed by atoms with van der Waals surface area (Å²) < 4.78 is 37.0. The van der Waals surface area contributed by atoms with E-state index in [1.165, 1.54) is 30.7 Å². The second kappa shape index (κ2) is 6.10. The fraction of sp³-hybridized carbons (Fsp3) is 0.529. The van der Waals surface area contributed by atoms with Gasteiger partial charge in [-0.1, -0.05) is 17.7 Å². The van der Waals surface area contributed by atoms with Crippen LogP contribution in [0.15, 0.2) is 29.2 Å². The van der Waals surface area contributed by atoms with Crippen molar-refractivity contribution in [1.82, 2.24) is 4.31 Å². The summed E-state index contributed by atoms with van der Waals surface area (Å²) in [6.45, 7) is 2.13. The quantitative estimate of drug-likeness (QED) is 0.585. The molecule has 25 heavy (non-hydrogen) atoms. The van der Waals surface area contributed by atoms with Crippen LogP contribution in [0.25, 0.3) is 0 Å². The summed E-state index contributed by atoms with van der Waals surface area (Å²) in [6.07, 6.45) is 0.850. The van der Waals surface area contributed by atoms with Gasteiger partial charge in [0.15, 0.2) is 5.41 Å². The summed E-state index contributed by atoms with van der Waals surface area (Å²) in [5.74, 6) is -1.54. The molecule has 3 rings (SSSR count). The first-order chi connectivity index (χ1) is 11.8. The number of hydrogen-bond donors (Lipinski definition) is 0. The van der Waals surface area contributed by atoms with Crippen molar-refractivity contribution >= 4 is 22.0 Å². The topological polar surface area (TPSA) is 90.0 Å². The Morgan fingerprint density at radius 1 is 1.12 bits per heavy atom. The monoisotopic (exact) mass is 367 g/mol. The molecule has 0 radical (unpaired) electrons. The maximum absolute atomic E-state index is 13.1. The Balaban J connectivity index is 2.02. The Morgan fingerprint density at radius 3 is 2.20 bits per heavy atom. The van der Waals surface area contributed by atoms with Crippen LogP contribution in [-0.4, -0.2) is 51.5 Å². The van der Waals surface area contributed by atoms with Crippen LogP contribution >= 0.6 is 0 Å². The van der Waals surface area contributed by atoms with Crippen molar-refractivity contribution in [3.63, 3.8) is 0 Å². The molecule has 2 atom stereocenters. The lowest BCUT2D eigenvalue weighted by atomic mass is 9.58. The highest BCUT2D eigenvalue weighted by molar-refractivity contribution is 7.89. The number of aryl methyl sites for hydroxylation is 1. The fourth-order valence-electron chi connectivity index (χ4n) is 4.03. The predicted octanol–water partition coefficient (Wildman–Crippen LogP) is 1.11. The average molecular weight is 367 g/mol. The molecule has 1 aliphatic heterocycles. The van der Waals surface area contributed by atoms with Gasteiger partial charge in [-0.25, -0.2) is 8.42 Å². The SMILES string of the molecule is COC(=O)C1(C(=O)OC)C[C@@H]2CCN(S(=O)(=O)c3ccc(C)cc3)[C@@H]21. The van der Waals surface area contributed by atoms with Crippen LogP contribution < -0.4 is 0 Å². The Bertz CT molecular complexity index is 785. The minimum atomic E-state index is -3.82. The largest absolute Gasteiger partial charge is 0.468 e. The molecule has 0 spiro atoms. The highest BCUT2D eigenvalue weighted by Gasteiger charge is 2.70. The average Bonchev–Trinajstić information content (AvgIpc) is 2.93. The van der Waals surface area contributed by atoms with E-state index < -0.39 is 33.4 Å². The molecule has 0 unspecified atom stereocenters. The molecule has 0 aromatic heterocycles. The standard InChI is InChI=1S/C17H21NO6S/c1-11-4-6-13(7-5-11)25(21,22)18-9-8-12-10-17(14(12)18,15(19)23-2)16(20)24-3/h4-7,12,14H,8-10H2,1-3H3/t12-,14-/m0/s1. The van der Waals surface area contributed by atoms with E-state index in [0.717, 1.165) is 5.56 Å². The molecule has 8 heteroatoms. The van der Waals surface area contributed by atoms with Crippen molar-refractivity contribution in [2.75, 3.05) is 20.8 Å². The van der Waals surface area contributed by atoms with Gasteiger partial charge in [0.05, 0.1) is 25.2 Å². The Hall–Kier alpha value is -1.93. The molecule has 1 aromatic carbocycles. The fourth-order valence-corrected chi connectivity index (χ4v) is 5.78. The molecule has 1 saturated heterocycles. The van der Waals surface area contributed by atoms with Crippen molar-refractivity contribution in [2.45, 2.75) is 30.7 Å². The van der Waals surface area contributed by atoms with Gasteiger partial charge in [-0.2, -0.15) is 4.31 Å². The van der Waals surface area contributed by atoms with Gasteiger partial charge in [0.25, 0.3) is 0 Å². The molecule has 2 fully saturated rings. The second-order valence-electron chi connectivity index (χ2n) is 6.58. The minimum Gasteiger partial charge on any atom is -0.468 e. The highest BCUT2D eigenvalue weighted by Crippen LogP contribution is 2.56. The lowest BCUT2D eigenvalue weighted by Gasteiger charge is -2.49. The zero-order chi connectivity index (χ0) is 18.4. The van der Waals surface area contributed by atoms with Crippen molar-refractivity contribution in [3.05, 3.63) is 29.8 Å². The molecule has 0 bridgehead atoms. The minimum absolute atomic E-state index is 0.0570. The molecule has 1 aliphatic carbocycles. The summed E-state index contributed by atoms with van der Waals surface area (Å²) in [6, 6.07) is 5.74. The van der Waals surface area contributed by atoms with E-state index in [2.05, 4.69) is 0 Å². The smallest absolute Gasteiger partial charge is 0.324 e. The molecule has 0 amide bonds. The van der Waals surface area contributed by atoms with Gasteiger partial charge >= 0.3 is 11.9 Å². The third-order valence-corrected chi connectivity index (χ3v) is 7.19. The Kier molecular flexibility index (Phi) is 4.36. The number of nitrogens with zero attached hydrogens (tertiary/aromatic N) is 1. The molecular formula is C17H21NO6S. The summed E-state index contributed by atoms with van der Waals surface area (Å²) >= 11 is 0. The third-order valence-electron chi connectivity index (χ3n) is 5.29. The number of ether oxygens (including phenoxy) is 2. The molecule has 1 saturated carbocycles. The number of fused-ring (bicyclic) bond motifs is 1. The Labute approximate surface area is 147 Å². The van der Waals surface area contributed by atoms with Crippen LogP contribution in [0.2, 0.25) is 0 Å². The molecule has 1 aromatic rings. The van der Waals surface area contributed by atoms with Crippen LogP contribution in [0, 0.1) is 18.3 Å².